The van der Waals surface area contributed by atoms with Crippen molar-refractivity contribution in [1.29, 1.82) is 0 Å². The molecule has 6 nitrogen and oxygen atoms in total. The summed E-state index contributed by atoms with van der Waals surface area (Å²) in [6.45, 7) is 3.82. The molecule has 0 saturated carbocycles. The molecule has 184 valence electrons. The Balaban J connectivity index is 1.75. The highest BCUT2D eigenvalue weighted by atomic mass is 16.5. The van der Waals surface area contributed by atoms with Crippen LogP contribution < -0.4 is 4.90 Å². The largest absolute Gasteiger partial charge is 0.507 e. The molecule has 1 amide bonds. The van der Waals surface area contributed by atoms with Crippen LogP contribution >= 0.6 is 0 Å². The van der Waals surface area contributed by atoms with Gasteiger partial charge in [-0.15, -0.1) is 0 Å². The Morgan fingerprint density at radius 2 is 1.62 bits per heavy atom. The zero-order valence-electron chi connectivity index (χ0n) is 20.5. The number of carbonyl (C=O) groups is 3. The van der Waals surface area contributed by atoms with Gasteiger partial charge in [-0.3, -0.25) is 14.5 Å². The maximum atomic E-state index is 13.6. The Morgan fingerprint density at radius 1 is 0.919 bits per heavy atom. The second kappa shape index (κ2) is 9.74. The van der Waals surface area contributed by atoms with Crippen molar-refractivity contribution in [3.05, 3.63) is 119 Å². The molecule has 0 bridgehead atoms. The summed E-state index contributed by atoms with van der Waals surface area (Å²) in [4.78, 5) is 40.8. The zero-order chi connectivity index (χ0) is 26.1. The SMILES string of the molecule is CCOC(=O)c1cccc(N2C(=O)C(=O)/C(=C(/O)c3cccc4ccccc34)C2c2ccccc2C)c1. The fourth-order valence-corrected chi connectivity index (χ4v) is 4.86. The van der Waals surface area contributed by atoms with Crippen molar-refractivity contribution in [1.82, 2.24) is 0 Å². The number of amides is 1. The molecule has 1 aliphatic rings. The summed E-state index contributed by atoms with van der Waals surface area (Å²) in [5.41, 5.74) is 2.64. The standard InChI is InChI=1S/C31H25NO5/c1-3-37-31(36)21-13-8-14-22(18-21)32-27(23-15-6-4-10-19(23)2)26(29(34)30(32)35)28(33)25-17-9-12-20-11-5-7-16-24(20)25/h4-18,27,33H,3H2,1-2H3/b28-26+. The summed E-state index contributed by atoms with van der Waals surface area (Å²) in [6, 6.07) is 26.0. The van der Waals surface area contributed by atoms with Crippen molar-refractivity contribution >= 4 is 39.9 Å². The first kappa shape index (κ1) is 24.0. The second-order valence-corrected chi connectivity index (χ2v) is 8.82. The number of esters is 1. The van der Waals surface area contributed by atoms with Gasteiger partial charge in [0.25, 0.3) is 11.7 Å². The van der Waals surface area contributed by atoms with Crippen molar-refractivity contribution < 1.29 is 24.2 Å². The molecule has 1 heterocycles. The summed E-state index contributed by atoms with van der Waals surface area (Å²) in [5.74, 6) is -2.34. The van der Waals surface area contributed by atoms with Crippen LogP contribution in [-0.4, -0.2) is 29.4 Å². The van der Waals surface area contributed by atoms with Crippen molar-refractivity contribution in [3.63, 3.8) is 0 Å². The number of hydrogen-bond donors (Lipinski definition) is 1. The third-order valence-corrected chi connectivity index (χ3v) is 6.61. The van der Waals surface area contributed by atoms with E-state index in [1.807, 2.05) is 61.5 Å². The fourth-order valence-electron chi connectivity index (χ4n) is 4.86. The lowest BCUT2D eigenvalue weighted by atomic mass is 9.91. The summed E-state index contributed by atoms with van der Waals surface area (Å²) in [6.07, 6.45) is 0. The maximum absolute atomic E-state index is 13.6. The first-order chi connectivity index (χ1) is 17.9. The number of benzene rings is 4. The molecule has 6 heteroatoms. The second-order valence-electron chi connectivity index (χ2n) is 8.82. The lowest BCUT2D eigenvalue weighted by Gasteiger charge is -2.27. The first-order valence-electron chi connectivity index (χ1n) is 12.0. The molecule has 37 heavy (non-hydrogen) atoms. The van der Waals surface area contributed by atoms with E-state index < -0.39 is 23.7 Å². The number of aryl methyl sites for hydroxylation is 1. The highest BCUT2D eigenvalue weighted by Gasteiger charge is 2.47. The van der Waals surface area contributed by atoms with Crippen LogP contribution in [0, 0.1) is 6.92 Å². The average molecular weight is 492 g/mol. The number of nitrogens with zero attached hydrogens (tertiary/aromatic N) is 1. The average Bonchev–Trinajstić information content (AvgIpc) is 3.18. The molecule has 4 aromatic rings. The van der Waals surface area contributed by atoms with Gasteiger partial charge in [-0.1, -0.05) is 72.8 Å². The van der Waals surface area contributed by atoms with E-state index >= 15 is 0 Å². The number of ether oxygens (including phenoxy) is 1. The number of carbonyl (C=O) groups excluding carboxylic acids is 3. The van der Waals surface area contributed by atoms with Gasteiger partial charge < -0.3 is 9.84 Å². The molecule has 0 aliphatic carbocycles. The van der Waals surface area contributed by atoms with Gasteiger partial charge in [-0.2, -0.15) is 0 Å². The van der Waals surface area contributed by atoms with Crippen LogP contribution in [0.3, 0.4) is 0 Å². The van der Waals surface area contributed by atoms with Crippen molar-refractivity contribution in [2.75, 3.05) is 11.5 Å². The van der Waals surface area contributed by atoms with Gasteiger partial charge in [0.05, 0.1) is 23.8 Å². The summed E-state index contributed by atoms with van der Waals surface area (Å²) in [5, 5.41) is 13.3. The van der Waals surface area contributed by atoms with Crippen LogP contribution in [0.15, 0.2) is 96.6 Å². The molecule has 0 spiro atoms. The van der Waals surface area contributed by atoms with Crippen LogP contribution in [0.5, 0.6) is 0 Å². The van der Waals surface area contributed by atoms with Crippen molar-refractivity contribution in [3.8, 4) is 0 Å². The molecule has 0 aromatic heterocycles. The minimum absolute atomic E-state index is 0.00260. The summed E-state index contributed by atoms with van der Waals surface area (Å²) < 4.78 is 5.12. The fraction of sp³-hybridized carbons (Fsp3) is 0.129. The topological polar surface area (TPSA) is 83.9 Å². The predicted octanol–water partition coefficient (Wildman–Crippen LogP) is 5.95. The number of aliphatic hydroxyl groups excluding tert-OH is 1. The minimum Gasteiger partial charge on any atom is -0.507 e. The van der Waals surface area contributed by atoms with E-state index in [1.165, 1.54) is 11.0 Å². The van der Waals surface area contributed by atoms with Crippen LogP contribution in [0.4, 0.5) is 5.69 Å². The number of rotatable bonds is 5. The van der Waals surface area contributed by atoms with Gasteiger partial charge in [0.1, 0.15) is 5.76 Å². The Hall–Kier alpha value is -4.71. The summed E-state index contributed by atoms with van der Waals surface area (Å²) in [7, 11) is 0. The molecule has 5 rings (SSSR count). The third kappa shape index (κ3) is 4.16. The lowest BCUT2D eigenvalue weighted by Crippen LogP contribution is -2.30. The van der Waals surface area contributed by atoms with Crippen molar-refractivity contribution in [2.24, 2.45) is 0 Å². The lowest BCUT2D eigenvalue weighted by molar-refractivity contribution is -0.132. The van der Waals surface area contributed by atoms with Crippen LogP contribution in [0.2, 0.25) is 0 Å². The van der Waals surface area contributed by atoms with E-state index in [9.17, 15) is 19.5 Å². The normalized spacial score (nSPS) is 16.8. The molecule has 0 radical (unpaired) electrons. The number of ketones is 1. The van der Waals surface area contributed by atoms with E-state index in [2.05, 4.69) is 0 Å². The quantitative estimate of drug-likeness (QED) is 0.161. The minimum atomic E-state index is -0.891. The monoisotopic (exact) mass is 491 g/mol. The van der Waals surface area contributed by atoms with E-state index in [1.54, 1.807) is 37.3 Å². The van der Waals surface area contributed by atoms with Gasteiger partial charge in [0.15, 0.2) is 0 Å². The predicted molar refractivity (Wildman–Crippen MR) is 142 cm³/mol. The molecule has 1 unspecified atom stereocenters. The Bertz CT molecular complexity index is 1580. The number of anilines is 1. The summed E-state index contributed by atoms with van der Waals surface area (Å²) >= 11 is 0. The van der Waals surface area contributed by atoms with E-state index in [0.717, 1.165) is 16.3 Å². The maximum Gasteiger partial charge on any atom is 0.338 e. The van der Waals surface area contributed by atoms with Crippen LogP contribution in [0.1, 0.15) is 40.0 Å². The van der Waals surface area contributed by atoms with E-state index in [0.29, 0.717) is 16.8 Å². The van der Waals surface area contributed by atoms with Crippen LogP contribution in [0.25, 0.3) is 16.5 Å². The molecule has 4 aromatic carbocycles. The highest BCUT2D eigenvalue weighted by molar-refractivity contribution is 6.52. The third-order valence-electron chi connectivity index (χ3n) is 6.61. The van der Waals surface area contributed by atoms with Gasteiger partial charge >= 0.3 is 5.97 Å². The number of aliphatic hydroxyl groups is 1. The number of Topliss-reactive ketones (excluding diaryl/α,β-unsaturated/α-hetero) is 1. The van der Waals surface area contributed by atoms with Gasteiger partial charge in [-0.25, -0.2) is 4.79 Å². The van der Waals surface area contributed by atoms with Gasteiger partial charge in [0.2, 0.25) is 0 Å². The highest BCUT2D eigenvalue weighted by Crippen LogP contribution is 2.44. The Kier molecular flexibility index (Phi) is 6.32. The molecular weight excluding hydrogens is 466 g/mol. The smallest absolute Gasteiger partial charge is 0.338 e. The van der Waals surface area contributed by atoms with Gasteiger partial charge in [-0.05, 0) is 53.9 Å². The molecule has 1 saturated heterocycles. The van der Waals surface area contributed by atoms with Crippen LogP contribution in [-0.2, 0) is 14.3 Å². The molecule has 1 aliphatic heterocycles. The molecule has 1 fully saturated rings. The molecule has 1 N–H and O–H groups in total. The van der Waals surface area contributed by atoms with Crippen molar-refractivity contribution in [2.45, 2.75) is 19.9 Å². The van der Waals surface area contributed by atoms with E-state index in [-0.39, 0.29) is 23.5 Å². The molecular formula is C31H25NO5. The Morgan fingerprint density at radius 3 is 2.41 bits per heavy atom. The number of fused-ring (bicyclic) bond motifs is 1. The number of hydrogen-bond acceptors (Lipinski definition) is 5. The first-order valence-corrected chi connectivity index (χ1v) is 12.0. The Labute approximate surface area is 214 Å². The molecule has 1 atom stereocenters. The zero-order valence-corrected chi connectivity index (χ0v) is 20.5. The van der Waals surface area contributed by atoms with E-state index in [4.69, 9.17) is 4.74 Å². The van der Waals surface area contributed by atoms with Gasteiger partial charge in [0, 0.05) is 11.3 Å².